The molecule has 0 bridgehead atoms. The maximum atomic E-state index is 12.6. The highest BCUT2D eigenvalue weighted by atomic mass is 32.1. The van der Waals surface area contributed by atoms with Crippen molar-refractivity contribution in [1.82, 2.24) is 15.2 Å². The van der Waals surface area contributed by atoms with Crippen LogP contribution in [-0.4, -0.2) is 34.7 Å². The van der Waals surface area contributed by atoms with E-state index in [1.165, 1.54) is 0 Å². The van der Waals surface area contributed by atoms with Crippen LogP contribution < -0.4 is 0 Å². The van der Waals surface area contributed by atoms with Crippen molar-refractivity contribution < 1.29 is 13.2 Å². The number of aliphatic imine (C=N–C) groups is 2. The van der Waals surface area contributed by atoms with Crippen LogP contribution in [0.4, 0.5) is 18.9 Å². The molecule has 0 radical (unpaired) electrons. The van der Waals surface area contributed by atoms with Gasteiger partial charge in [-0.2, -0.15) is 18.3 Å². The van der Waals surface area contributed by atoms with Crippen LogP contribution in [0, 0.1) is 6.92 Å². The number of H-pyrrole nitrogens is 1. The van der Waals surface area contributed by atoms with Crippen LogP contribution >= 0.6 is 11.3 Å². The first-order chi connectivity index (χ1) is 12.4. The molecule has 5 nitrogen and oxygen atoms in total. The second-order valence-electron chi connectivity index (χ2n) is 5.33. The van der Waals surface area contributed by atoms with Gasteiger partial charge >= 0.3 is 6.18 Å². The van der Waals surface area contributed by atoms with Crippen LogP contribution in [0.15, 0.2) is 40.4 Å². The third-order valence-electron chi connectivity index (χ3n) is 3.51. The van der Waals surface area contributed by atoms with Crippen LogP contribution in [0.5, 0.6) is 0 Å². The third-order valence-corrected chi connectivity index (χ3v) is 4.60. The Morgan fingerprint density at radius 3 is 2.58 bits per heavy atom. The number of nitrogens with zero attached hydrogens (tertiary/aromatic N) is 4. The highest BCUT2D eigenvalue weighted by Gasteiger charge is 2.33. The highest BCUT2D eigenvalue weighted by Crippen LogP contribution is 2.36. The first kappa shape index (κ1) is 18.0. The van der Waals surface area contributed by atoms with Crippen molar-refractivity contribution in [3.05, 3.63) is 41.0 Å². The molecule has 0 aliphatic heterocycles. The van der Waals surface area contributed by atoms with Crippen molar-refractivity contribution in [2.75, 3.05) is 7.05 Å². The summed E-state index contributed by atoms with van der Waals surface area (Å²) < 4.78 is 37.9. The van der Waals surface area contributed by atoms with Gasteiger partial charge in [0.05, 0.1) is 11.4 Å². The second-order valence-corrected chi connectivity index (χ2v) is 6.59. The van der Waals surface area contributed by atoms with Crippen molar-refractivity contribution in [3.63, 3.8) is 0 Å². The van der Waals surface area contributed by atoms with E-state index in [0.717, 1.165) is 27.1 Å². The Balaban J connectivity index is 1.84. The fraction of sp³-hybridized carbons (Fsp3) is 0.176. The zero-order valence-corrected chi connectivity index (χ0v) is 14.7. The maximum Gasteiger partial charge on any atom is 0.432 e. The Hall–Kier alpha value is -2.81. The smallest absolute Gasteiger partial charge is 0.295 e. The Bertz CT molecular complexity index is 952. The minimum atomic E-state index is -4.46. The van der Waals surface area contributed by atoms with Gasteiger partial charge in [-0.3, -0.25) is 20.1 Å². The average molecular weight is 377 g/mol. The summed E-state index contributed by atoms with van der Waals surface area (Å²) in [7, 11) is 1.67. The fourth-order valence-corrected chi connectivity index (χ4v) is 3.17. The van der Waals surface area contributed by atoms with Gasteiger partial charge in [0.25, 0.3) is 0 Å². The molecule has 1 N–H and O–H groups in total. The van der Waals surface area contributed by atoms with Crippen molar-refractivity contribution in [1.29, 1.82) is 0 Å². The van der Waals surface area contributed by atoms with Crippen molar-refractivity contribution in [2.24, 2.45) is 9.98 Å². The Kier molecular flexibility index (Phi) is 4.99. The molecule has 0 saturated carbocycles. The van der Waals surface area contributed by atoms with Gasteiger partial charge in [0.1, 0.15) is 11.4 Å². The van der Waals surface area contributed by atoms with E-state index in [9.17, 15) is 13.2 Å². The normalized spacial score (nSPS) is 12.5. The molecule has 0 spiro atoms. The lowest BCUT2D eigenvalue weighted by Crippen LogP contribution is -2.04. The first-order valence-corrected chi connectivity index (χ1v) is 8.35. The Labute approximate surface area is 151 Å². The van der Waals surface area contributed by atoms with Gasteiger partial charge in [0.2, 0.25) is 0 Å². The summed E-state index contributed by atoms with van der Waals surface area (Å²) in [6.07, 6.45) is 0.380. The molecular weight excluding hydrogens is 363 g/mol. The fourth-order valence-electron chi connectivity index (χ4n) is 2.21. The molecule has 0 unspecified atom stereocenters. The number of halogens is 3. The zero-order chi connectivity index (χ0) is 18.7. The summed E-state index contributed by atoms with van der Waals surface area (Å²) in [5, 5.41) is 5.67. The number of hydrogen-bond donors (Lipinski definition) is 1. The average Bonchev–Trinajstić information content (AvgIpc) is 3.23. The quantitative estimate of drug-likeness (QED) is 0.655. The number of aromatic amines is 1. The van der Waals surface area contributed by atoms with Crippen molar-refractivity contribution >= 4 is 29.5 Å². The van der Waals surface area contributed by atoms with Gasteiger partial charge < -0.3 is 0 Å². The van der Waals surface area contributed by atoms with Gasteiger partial charge in [-0.1, -0.05) is 0 Å². The molecule has 0 aliphatic rings. The van der Waals surface area contributed by atoms with E-state index < -0.39 is 11.9 Å². The van der Waals surface area contributed by atoms with Crippen molar-refractivity contribution in [3.8, 4) is 21.8 Å². The van der Waals surface area contributed by atoms with Gasteiger partial charge in [-0.15, -0.1) is 11.3 Å². The van der Waals surface area contributed by atoms with E-state index in [4.69, 9.17) is 0 Å². The molecule has 0 fully saturated rings. The summed E-state index contributed by atoms with van der Waals surface area (Å²) in [6.45, 7) is 1.97. The monoisotopic (exact) mass is 377 g/mol. The SMILES string of the molecule is CN=CC=Nc1cc(-c2ccc(-c3cc(C(F)(F)F)[nH]n3)nc2)sc1C. The summed E-state index contributed by atoms with van der Waals surface area (Å²) >= 11 is 1.57. The molecule has 0 saturated heterocycles. The van der Waals surface area contributed by atoms with Crippen LogP contribution in [0.2, 0.25) is 0 Å². The van der Waals surface area contributed by atoms with Gasteiger partial charge in [0, 0.05) is 41.0 Å². The number of pyridine rings is 1. The molecule has 26 heavy (non-hydrogen) atoms. The molecule has 134 valence electrons. The van der Waals surface area contributed by atoms with Crippen LogP contribution in [0.3, 0.4) is 0 Å². The van der Waals surface area contributed by atoms with Crippen LogP contribution in [-0.2, 0) is 6.18 Å². The predicted molar refractivity (Wildman–Crippen MR) is 97.4 cm³/mol. The van der Waals surface area contributed by atoms with Crippen LogP contribution in [0.25, 0.3) is 21.8 Å². The second kappa shape index (κ2) is 7.20. The largest absolute Gasteiger partial charge is 0.432 e. The summed E-state index contributed by atoms with van der Waals surface area (Å²) in [5.74, 6) is 0. The number of alkyl halides is 3. The molecule has 0 atom stereocenters. The minimum Gasteiger partial charge on any atom is -0.295 e. The lowest BCUT2D eigenvalue weighted by molar-refractivity contribution is -0.141. The first-order valence-electron chi connectivity index (χ1n) is 7.53. The number of rotatable bonds is 4. The Morgan fingerprint density at radius 2 is 1.96 bits per heavy atom. The van der Waals surface area contributed by atoms with Gasteiger partial charge in [-0.05, 0) is 31.2 Å². The number of aryl methyl sites for hydroxylation is 1. The standard InChI is InChI=1S/C17H14F3N5S/c1-10-13(22-6-5-21-2)7-15(26-10)11-3-4-12(23-9-11)14-8-16(25-24-14)17(18,19)20/h3-9H,1-2H3,(H,24,25). The van der Waals surface area contributed by atoms with Gasteiger partial charge in [0.15, 0.2) is 0 Å². The van der Waals surface area contributed by atoms with Crippen LogP contribution in [0.1, 0.15) is 10.6 Å². The molecular formula is C17H14F3N5S. The molecule has 3 aromatic rings. The third kappa shape index (κ3) is 3.88. The molecule has 3 heterocycles. The minimum absolute atomic E-state index is 0.148. The van der Waals surface area contributed by atoms with Crippen molar-refractivity contribution in [2.45, 2.75) is 13.1 Å². The van der Waals surface area contributed by atoms with Gasteiger partial charge in [-0.25, -0.2) is 0 Å². The number of thiophene rings is 1. The molecule has 0 amide bonds. The lowest BCUT2D eigenvalue weighted by atomic mass is 10.2. The molecule has 3 aromatic heterocycles. The van der Waals surface area contributed by atoms with E-state index in [1.54, 1.807) is 49.1 Å². The van der Waals surface area contributed by atoms with E-state index >= 15 is 0 Å². The number of nitrogens with one attached hydrogen (secondary N) is 1. The van der Waals surface area contributed by atoms with E-state index in [-0.39, 0.29) is 5.69 Å². The van der Waals surface area contributed by atoms with E-state index in [0.29, 0.717) is 5.69 Å². The number of hydrogen-bond acceptors (Lipinski definition) is 5. The summed E-state index contributed by atoms with van der Waals surface area (Å²) in [5.41, 5.74) is 1.32. The number of aromatic nitrogens is 3. The molecule has 9 heteroatoms. The lowest BCUT2D eigenvalue weighted by Gasteiger charge is -2.00. The zero-order valence-electron chi connectivity index (χ0n) is 13.9. The van der Waals surface area contributed by atoms with E-state index in [1.807, 2.05) is 18.1 Å². The van der Waals surface area contributed by atoms with E-state index in [2.05, 4.69) is 20.1 Å². The topological polar surface area (TPSA) is 66.3 Å². The molecule has 0 aromatic carbocycles. The summed E-state index contributed by atoms with van der Waals surface area (Å²) in [4.78, 5) is 14.4. The Morgan fingerprint density at radius 1 is 1.15 bits per heavy atom. The predicted octanol–water partition coefficient (Wildman–Crippen LogP) is 4.93. The molecule has 3 rings (SSSR count). The molecule has 0 aliphatic carbocycles. The summed E-state index contributed by atoms with van der Waals surface area (Å²) in [6, 6.07) is 6.33. The maximum absolute atomic E-state index is 12.6. The highest BCUT2D eigenvalue weighted by molar-refractivity contribution is 7.16.